The Morgan fingerprint density at radius 3 is 2.73 bits per heavy atom. The number of aromatic amines is 2. The van der Waals surface area contributed by atoms with E-state index in [9.17, 15) is 9.59 Å². The van der Waals surface area contributed by atoms with Crippen molar-refractivity contribution in [3.63, 3.8) is 0 Å². The van der Waals surface area contributed by atoms with Crippen LogP contribution in [-0.2, 0) is 22.4 Å². The zero-order chi connectivity index (χ0) is 18.5. The van der Waals surface area contributed by atoms with E-state index in [1.807, 2.05) is 30.5 Å². The SMILES string of the molecule is CNC(=O)[C@H](Cc1cnc[nH]1)NC(=O)C(N)Cc1c[nH]c2ccccc12. The lowest BCUT2D eigenvalue weighted by Crippen LogP contribution is -2.52. The van der Waals surface area contributed by atoms with Crippen LogP contribution in [0, 0.1) is 0 Å². The Bertz CT molecular complexity index is 886. The summed E-state index contributed by atoms with van der Waals surface area (Å²) in [4.78, 5) is 34.6. The fourth-order valence-electron chi connectivity index (χ4n) is 2.91. The van der Waals surface area contributed by atoms with Gasteiger partial charge in [0.25, 0.3) is 0 Å². The molecule has 3 aromatic rings. The fourth-order valence-corrected chi connectivity index (χ4v) is 2.91. The van der Waals surface area contributed by atoms with Gasteiger partial charge >= 0.3 is 0 Å². The van der Waals surface area contributed by atoms with Crippen LogP contribution in [0.15, 0.2) is 43.0 Å². The van der Waals surface area contributed by atoms with E-state index in [-0.39, 0.29) is 11.8 Å². The molecule has 3 rings (SSSR count). The molecule has 0 saturated carbocycles. The molecule has 8 nitrogen and oxygen atoms in total. The van der Waals surface area contributed by atoms with Gasteiger partial charge in [-0.1, -0.05) is 18.2 Å². The number of fused-ring (bicyclic) bond motifs is 1. The van der Waals surface area contributed by atoms with Gasteiger partial charge in [-0.05, 0) is 18.1 Å². The van der Waals surface area contributed by atoms with Gasteiger partial charge in [0.05, 0.1) is 12.4 Å². The molecule has 0 bridgehead atoms. The van der Waals surface area contributed by atoms with E-state index in [2.05, 4.69) is 25.6 Å². The summed E-state index contributed by atoms with van der Waals surface area (Å²) in [6, 6.07) is 6.36. The first-order valence-electron chi connectivity index (χ1n) is 8.38. The molecule has 136 valence electrons. The highest BCUT2D eigenvalue weighted by atomic mass is 16.2. The second kappa shape index (κ2) is 7.83. The van der Waals surface area contributed by atoms with Crippen molar-refractivity contribution < 1.29 is 9.59 Å². The third-order valence-corrected chi connectivity index (χ3v) is 4.31. The molecule has 2 atom stereocenters. The monoisotopic (exact) mass is 354 g/mol. The molecular weight excluding hydrogens is 332 g/mol. The highest BCUT2D eigenvalue weighted by Crippen LogP contribution is 2.18. The quantitative estimate of drug-likeness (QED) is 0.416. The number of hydrogen-bond donors (Lipinski definition) is 5. The Morgan fingerprint density at radius 1 is 1.19 bits per heavy atom. The number of nitrogens with two attached hydrogens (primary N) is 1. The number of imidazole rings is 1. The van der Waals surface area contributed by atoms with E-state index in [0.717, 1.165) is 22.2 Å². The second-order valence-corrected chi connectivity index (χ2v) is 6.13. The number of carbonyl (C=O) groups is 2. The molecule has 1 aromatic carbocycles. The molecule has 6 N–H and O–H groups in total. The van der Waals surface area contributed by atoms with Crippen LogP contribution in [0.2, 0.25) is 0 Å². The first-order chi connectivity index (χ1) is 12.6. The van der Waals surface area contributed by atoms with E-state index < -0.39 is 12.1 Å². The fraction of sp³-hybridized carbons (Fsp3) is 0.278. The van der Waals surface area contributed by atoms with Gasteiger partial charge in [0.15, 0.2) is 0 Å². The molecule has 0 aliphatic rings. The van der Waals surface area contributed by atoms with Crippen molar-refractivity contribution in [2.24, 2.45) is 5.73 Å². The first kappa shape index (κ1) is 17.7. The lowest BCUT2D eigenvalue weighted by molar-refractivity contribution is -0.129. The molecular formula is C18H22N6O2. The van der Waals surface area contributed by atoms with Crippen molar-refractivity contribution in [2.75, 3.05) is 7.05 Å². The standard InChI is InChI=1S/C18H22N6O2/c1-20-18(26)16(7-12-9-21-10-23-12)24-17(25)14(19)6-11-8-22-15-5-3-2-4-13(11)15/h2-5,8-10,14,16,22H,6-7,19H2,1H3,(H,20,26)(H,21,23)(H,24,25)/t14?,16-/m0/s1. The number of carbonyl (C=O) groups excluding carboxylic acids is 2. The van der Waals surface area contributed by atoms with Gasteiger partial charge in [-0.2, -0.15) is 0 Å². The van der Waals surface area contributed by atoms with Gasteiger partial charge < -0.3 is 26.3 Å². The smallest absolute Gasteiger partial charge is 0.242 e. The van der Waals surface area contributed by atoms with Gasteiger partial charge in [-0.15, -0.1) is 0 Å². The largest absolute Gasteiger partial charge is 0.361 e. The van der Waals surface area contributed by atoms with Crippen molar-refractivity contribution in [2.45, 2.75) is 24.9 Å². The Kier molecular flexibility index (Phi) is 5.33. The van der Waals surface area contributed by atoms with E-state index in [4.69, 9.17) is 5.73 Å². The van der Waals surface area contributed by atoms with Crippen molar-refractivity contribution in [3.05, 3.63) is 54.2 Å². The first-order valence-corrected chi connectivity index (χ1v) is 8.38. The lowest BCUT2D eigenvalue weighted by atomic mass is 10.0. The molecule has 8 heteroatoms. The predicted molar refractivity (Wildman–Crippen MR) is 98.3 cm³/mol. The molecule has 0 fully saturated rings. The summed E-state index contributed by atoms with van der Waals surface area (Å²) >= 11 is 0. The van der Waals surface area contributed by atoms with Gasteiger partial charge in [0.2, 0.25) is 11.8 Å². The molecule has 1 unspecified atom stereocenters. The minimum Gasteiger partial charge on any atom is -0.361 e. The Morgan fingerprint density at radius 2 is 2.00 bits per heavy atom. The molecule has 2 heterocycles. The van der Waals surface area contributed by atoms with Crippen LogP contribution in [0.5, 0.6) is 0 Å². The number of likely N-dealkylation sites (N-methyl/N-ethyl adjacent to an activating group) is 1. The molecule has 0 aliphatic heterocycles. The van der Waals surface area contributed by atoms with Crippen LogP contribution in [0.4, 0.5) is 0 Å². The van der Waals surface area contributed by atoms with Crippen LogP contribution < -0.4 is 16.4 Å². The Labute approximate surface area is 150 Å². The van der Waals surface area contributed by atoms with Crippen molar-refractivity contribution in [1.82, 2.24) is 25.6 Å². The third-order valence-electron chi connectivity index (χ3n) is 4.31. The number of aromatic nitrogens is 3. The minimum absolute atomic E-state index is 0.285. The average molecular weight is 354 g/mol. The van der Waals surface area contributed by atoms with Crippen molar-refractivity contribution in [1.29, 1.82) is 0 Å². The van der Waals surface area contributed by atoms with Gasteiger partial charge in [0.1, 0.15) is 6.04 Å². The minimum atomic E-state index is -0.761. The van der Waals surface area contributed by atoms with E-state index >= 15 is 0 Å². The number of nitrogens with one attached hydrogen (secondary N) is 4. The predicted octanol–water partition coefficient (Wildman–Crippen LogP) is 0.234. The third kappa shape index (κ3) is 3.92. The average Bonchev–Trinajstić information content (AvgIpc) is 3.30. The van der Waals surface area contributed by atoms with Gasteiger partial charge in [0, 0.05) is 42.5 Å². The molecule has 26 heavy (non-hydrogen) atoms. The summed E-state index contributed by atoms with van der Waals surface area (Å²) in [6.45, 7) is 0. The summed E-state index contributed by atoms with van der Waals surface area (Å²) in [5.41, 5.74) is 8.80. The number of benzene rings is 1. The number of rotatable bonds is 7. The highest BCUT2D eigenvalue weighted by molar-refractivity contribution is 5.90. The lowest BCUT2D eigenvalue weighted by Gasteiger charge is -2.19. The van der Waals surface area contributed by atoms with Crippen molar-refractivity contribution >= 4 is 22.7 Å². The summed E-state index contributed by atoms with van der Waals surface area (Å²) in [5, 5.41) is 6.33. The second-order valence-electron chi connectivity index (χ2n) is 6.13. The summed E-state index contributed by atoms with van der Waals surface area (Å²) in [7, 11) is 1.53. The summed E-state index contributed by atoms with van der Waals surface area (Å²) in [6.07, 6.45) is 5.69. The topological polar surface area (TPSA) is 129 Å². The summed E-state index contributed by atoms with van der Waals surface area (Å²) < 4.78 is 0. The number of nitrogens with zero attached hydrogens (tertiary/aromatic N) is 1. The van der Waals surface area contributed by atoms with Crippen LogP contribution in [-0.4, -0.2) is 45.9 Å². The molecule has 0 spiro atoms. The zero-order valence-electron chi connectivity index (χ0n) is 14.5. The maximum Gasteiger partial charge on any atom is 0.242 e. The zero-order valence-corrected chi connectivity index (χ0v) is 14.5. The van der Waals surface area contributed by atoms with Crippen LogP contribution in [0.3, 0.4) is 0 Å². The van der Waals surface area contributed by atoms with Crippen LogP contribution >= 0.6 is 0 Å². The maximum atomic E-state index is 12.5. The number of amides is 2. The molecule has 0 aliphatic carbocycles. The molecule has 2 amide bonds. The molecule has 0 saturated heterocycles. The van der Waals surface area contributed by atoms with E-state index in [1.165, 1.54) is 13.4 Å². The van der Waals surface area contributed by atoms with E-state index in [0.29, 0.717) is 12.8 Å². The molecule has 2 aromatic heterocycles. The van der Waals surface area contributed by atoms with Gasteiger partial charge in [-0.3, -0.25) is 9.59 Å². The number of H-pyrrole nitrogens is 2. The Balaban J connectivity index is 1.67. The van der Waals surface area contributed by atoms with Crippen molar-refractivity contribution in [3.8, 4) is 0 Å². The normalized spacial score (nSPS) is 13.3. The number of hydrogen-bond acceptors (Lipinski definition) is 4. The molecule has 0 radical (unpaired) electrons. The maximum absolute atomic E-state index is 12.5. The number of para-hydroxylation sites is 1. The van der Waals surface area contributed by atoms with Crippen LogP contribution in [0.1, 0.15) is 11.3 Å². The summed E-state index contributed by atoms with van der Waals surface area (Å²) in [5.74, 6) is -0.657. The Hall–Kier alpha value is -3.13. The van der Waals surface area contributed by atoms with Gasteiger partial charge in [-0.25, -0.2) is 4.98 Å². The highest BCUT2D eigenvalue weighted by Gasteiger charge is 2.24. The van der Waals surface area contributed by atoms with Crippen LogP contribution in [0.25, 0.3) is 10.9 Å². The van der Waals surface area contributed by atoms with E-state index in [1.54, 1.807) is 6.20 Å².